The van der Waals surface area contributed by atoms with Gasteiger partial charge in [-0.3, -0.25) is 19.8 Å². The highest BCUT2D eigenvalue weighted by molar-refractivity contribution is 7.10. The van der Waals surface area contributed by atoms with Gasteiger partial charge in [0, 0.05) is 34.0 Å². The second-order valence-electron chi connectivity index (χ2n) is 7.79. The molecular weight excluding hydrogens is 430 g/mol. The van der Waals surface area contributed by atoms with Crippen molar-refractivity contribution < 1.29 is 19.0 Å². The van der Waals surface area contributed by atoms with E-state index in [-0.39, 0.29) is 17.3 Å². The predicted molar refractivity (Wildman–Crippen MR) is 121 cm³/mol. The summed E-state index contributed by atoms with van der Waals surface area (Å²) in [5.41, 5.74) is 2.27. The fourth-order valence-corrected chi connectivity index (χ4v) is 5.64. The summed E-state index contributed by atoms with van der Waals surface area (Å²) in [4.78, 5) is 27.5. The summed E-state index contributed by atoms with van der Waals surface area (Å²) >= 11 is 1.66. The molecule has 0 spiro atoms. The number of benzene rings is 1. The Bertz CT molecular complexity index is 1270. The Morgan fingerprint density at radius 1 is 0.969 bits per heavy atom. The number of carbonyl (C=O) groups excluding carboxylic acids is 1. The monoisotopic (exact) mass is 453 g/mol. The fraction of sp³-hybridized carbons (Fsp3) is 0.304. The lowest BCUT2D eigenvalue weighted by Crippen LogP contribution is -2.31. The number of fused-ring (bicyclic) bond motifs is 1. The molecule has 2 aliphatic rings. The van der Waals surface area contributed by atoms with Gasteiger partial charge in [-0.05, 0) is 23.9 Å². The van der Waals surface area contributed by atoms with E-state index in [1.807, 2.05) is 17.5 Å². The fourth-order valence-electron chi connectivity index (χ4n) is 4.81. The standard InChI is InChI=1S/C23H23N3O5S/c1-29-15-7-6-12(20(30-2)21(15)31-3)17-18-13(24-22-19(17)23(28)26-25-22)9-11(10-14(18)27)16-5-4-8-32-16/h4-8,11,17H,9-10H2,1-3H3,(H3,24,25,26,28)/t11-,17-/m1/s1. The van der Waals surface area contributed by atoms with Crippen molar-refractivity contribution in [1.29, 1.82) is 0 Å². The summed E-state index contributed by atoms with van der Waals surface area (Å²) in [6.07, 6.45) is 1.07. The molecular formula is C23H23N3O5S. The van der Waals surface area contributed by atoms with Crippen molar-refractivity contribution in [1.82, 2.24) is 10.2 Å². The summed E-state index contributed by atoms with van der Waals surface area (Å²) in [5, 5.41) is 10.9. The first-order chi connectivity index (χ1) is 15.6. The third-order valence-corrected chi connectivity index (χ3v) is 7.20. The molecule has 166 valence electrons. The zero-order valence-electron chi connectivity index (χ0n) is 17.9. The third-order valence-electron chi connectivity index (χ3n) is 6.17. The number of methoxy groups -OCH3 is 3. The van der Waals surface area contributed by atoms with Gasteiger partial charge in [0.2, 0.25) is 5.75 Å². The van der Waals surface area contributed by atoms with Crippen LogP contribution in [-0.4, -0.2) is 37.3 Å². The summed E-state index contributed by atoms with van der Waals surface area (Å²) in [6.45, 7) is 0. The van der Waals surface area contributed by atoms with Crippen molar-refractivity contribution in [3.63, 3.8) is 0 Å². The lowest BCUT2D eigenvalue weighted by atomic mass is 9.73. The molecule has 3 aromatic rings. The molecule has 0 radical (unpaired) electrons. The van der Waals surface area contributed by atoms with Crippen LogP contribution in [0.1, 0.15) is 40.7 Å². The lowest BCUT2D eigenvalue weighted by Gasteiger charge is -2.34. The average Bonchev–Trinajstić information content (AvgIpc) is 3.47. The Hall–Kier alpha value is -3.46. The largest absolute Gasteiger partial charge is 0.493 e. The van der Waals surface area contributed by atoms with Crippen molar-refractivity contribution in [3.05, 3.63) is 67.3 Å². The lowest BCUT2D eigenvalue weighted by molar-refractivity contribution is -0.116. The molecule has 2 atom stereocenters. The number of Topliss-reactive ketones (excluding diaryl/α,β-unsaturated/α-hetero) is 1. The molecule has 32 heavy (non-hydrogen) atoms. The number of aromatic nitrogens is 2. The quantitative estimate of drug-likeness (QED) is 0.543. The van der Waals surface area contributed by atoms with Crippen LogP contribution in [0.3, 0.4) is 0 Å². The first-order valence-corrected chi connectivity index (χ1v) is 11.1. The zero-order chi connectivity index (χ0) is 22.4. The van der Waals surface area contributed by atoms with Crippen LogP contribution in [0.5, 0.6) is 17.2 Å². The maximum absolute atomic E-state index is 13.5. The predicted octanol–water partition coefficient (Wildman–Crippen LogP) is 3.75. The second-order valence-corrected chi connectivity index (χ2v) is 8.76. The number of anilines is 1. The summed E-state index contributed by atoms with van der Waals surface area (Å²) in [7, 11) is 4.62. The van der Waals surface area contributed by atoms with Crippen molar-refractivity contribution >= 4 is 22.9 Å². The Morgan fingerprint density at radius 3 is 2.47 bits per heavy atom. The minimum absolute atomic E-state index is 0.0187. The number of thiophene rings is 1. The molecule has 0 amide bonds. The molecule has 1 aromatic carbocycles. The van der Waals surface area contributed by atoms with E-state index in [9.17, 15) is 9.59 Å². The average molecular weight is 454 g/mol. The highest BCUT2D eigenvalue weighted by Crippen LogP contribution is 2.51. The minimum Gasteiger partial charge on any atom is -0.493 e. The van der Waals surface area contributed by atoms with E-state index in [1.165, 1.54) is 19.1 Å². The van der Waals surface area contributed by atoms with Gasteiger partial charge in [0.25, 0.3) is 5.56 Å². The van der Waals surface area contributed by atoms with Gasteiger partial charge < -0.3 is 19.5 Å². The van der Waals surface area contributed by atoms with E-state index in [2.05, 4.69) is 21.6 Å². The van der Waals surface area contributed by atoms with E-state index < -0.39 is 5.92 Å². The Kier molecular flexibility index (Phi) is 5.05. The maximum Gasteiger partial charge on any atom is 0.270 e. The first kappa shape index (κ1) is 20.4. The van der Waals surface area contributed by atoms with Crippen LogP contribution in [0.25, 0.3) is 0 Å². The van der Waals surface area contributed by atoms with Crippen molar-refractivity contribution in [2.24, 2.45) is 0 Å². The van der Waals surface area contributed by atoms with Gasteiger partial charge >= 0.3 is 0 Å². The molecule has 5 rings (SSSR count). The smallest absolute Gasteiger partial charge is 0.270 e. The maximum atomic E-state index is 13.5. The molecule has 1 aliphatic heterocycles. The number of allylic oxidation sites excluding steroid dienone is 2. The van der Waals surface area contributed by atoms with Crippen LogP contribution >= 0.6 is 11.3 Å². The number of rotatable bonds is 5. The van der Waals surface area contributed by atoms with Crippen molar-refractivity contribution in [2.45, 2.75) is 24.7 Å². The van der Waals surface area contributed by atoms with Crippen LogP contribution in [0.2, 0.25) is 0 Å². The number of H-pyrrole nitrogens is 2. The highest BCUT2D eigenvalue weighted by Gasteiger charge is 2.42. The number of ketones is 1. The van der Waals surface area contributed by atoms with Crippen LogP contribution in [0.15, 0.2) is 45.7 Å². The number of hydrogen-bond donors (Lipinski definition) is 3. The van der Waals surface area contributed by atoms with Gasteiger partial charge in [0.15, 0.2) is 17.3 Å². The van der Waals surface area contributed by atoms with E-state index >= 15 is 0 Å². The van der Waals surface area contributed by atoms with Gasteiger partial charge in [0.1, 0.15) is 5.82 Å². The van der Waals surface area contributed by atoms with Gasteiger partial charge in [-0.15, -0.1) is 11.3 Å². The molecule has 9 heteroatoms. The summed E-state index contributed by atoms with van der Waals surface area (Å²) in [6, 6.07) is 7.66. The topological polar surface area (TPSA) is 105 Å². The summed E-state index contributed by atoms with van der Waals surface area (Å²) < 4.78 is 16.7. The number of aromatic amines is 2. The SMILES string of the molecule is COc1ccc([C@@H]2C3=C(C[C@@H](c4cccs4)CC3=O)Nc3[nH][nH]c(=O)c32)c(OC)c1OC. The molecule has 0 saturated heterocycles. The van der Waals surface area contributed by atoms with Gasteiger partial charge in [-0.2, -0.15) is 0 Å². The molecule has 3 N–H and O–H groups in total. The van der Waals surface area contributed by atoms with Crippen LogP contribution in [-0.2, 0) is 4.79 Å². The van der Waals surface area contributed by atoms with E-state index in [0.29, 0.717) is 52.6 Å². The van der Waals surface area contributed by atoms with E-state index in [0.717, 1.165) is 5.70 Å². The molecule has 8 nitrogen and oxygen atoms in total. The second kappa shape index (κ2) is 7.90. The minimum atomic E-state index is -0.595. The first-order valence-electron chi connectivity index (χ1n) is 10.2. The van der Waals surface area contributed by atoms with Crippen LogP contribution in [0, 0.1) is 0 Å². The molecule has 0 saturated carbocycles. The summed E-state index contributed by atoms with van der Waals surface area (Å²) in [5.74, 6) is 1.45. The number of nitrogens with one attached hydrogen (secondary N) is 3. The molecule has 0 unspecified atom stereocenters. The van der Waals surface area contributed by atoms with Crippen molar-refractivity contribution in [3.8, 4) is 17.2 Å². The Balaban J connectivity index is 1.71. The Morgan fingerprint density at radius 2 is 1.78 bits per heavy atom. The number of carbonyl (C=O) groups is 1. The van der Waals surface area contributed by atoms with Gasteiger partial charge in [-0.1, -0.05) is 12.1 Å². The molecule has 1 aliphatic carbocycles. The third kappa shape index (κ3) is 3.03. The van der Waals surface area contributed by atoms with E-state index in [1.54, 1.807) is 24.5 Å². The Labute approximate surface area is 188 Å². The normalized spacial score (nSPS) is 19.8. The molecule has 3 heterocycles. The number of hydrogen-bond acceptors (Lipinski definition) is 7. The van der Waals surface area contributed by atoms with Crippen LogP contribution in [0.4, 0.5) is 5.82 Å². The number of ether oxygens (including phenoxy) is 3. The highest BCUT2D eigenvalue weighted by atomic mass is 32.1. The van der Waals surface area contributed by atoms with Crippen molar-refractivity contribution in [2.75, 3.05) is 26.6 Å². The molecule has 0 fully saturated rings. The zero-order valence-corrected chi connectivity index (χ0v) is 18.7. The van der Waals surface area contributed by atoms with Crippen LogP contribution < -0.4 is 25.1 Å². The van der Waals surface area contributed by atoms with E-state index in [4.69, 9.17) is 14.2 Å². The van der Waals surface area contributed by atoms with Gasteiger partial charge in [-0.25, -0.2) is 0 Å². The molecule has 0 bridgehead atoms. The molecule has 2 aromatic heterocycles. The van der Waals surface area contributed by atoms with Gasteiger partial charge in [0.05, 0.1) is 32.8 Å².